The lowest BCUT2D eigenvalue weighted by Crippen LogP contribution is -2.57. The van der Waals surface area contributed by atoms with E-state index >= 15 is 0 Å². The quantitative estimate of drug-likeness (QED) is 0.507. The molecule has 0 radical (unpaired) electrons. The molecule has 2 aromatic heterocycles. The number of hydrogen-bond acceptors (Lipinski definition) is 10. The van der Waals surface area contributed by atoms with Crippen LogP contribution >= 0.6 is 0 Å². The van der Waals surface area contributed by atoms with E-state index in [1.54, 1.807) is 36.7 Å². The number of benzene rings is 1. The summed E-state index contributed by atoms with van der Waals surface area (Å²) in [4.78, 5) is 22.6. The van der Waals surface area contributed by atoms with Gasteiger partial charge in [0.25, 0.3) is 5.91 Å². The summed E-state index contributed by atoms with van der Waals surface area (Å²) in [5.74, 6) is 1.13. The summed E-state index contributed by atoms with van der Waals surface area (Å²) in [5.41, 5.74) is 1.77. The highest BCUT2D eigenvalue weighted by atomic mass is 19.4. The lowest BCUT2D eigenvalue weighted by atomic mass is 10.1. The largest absolute Gasteiger partial charge is 0.496 e. The number of fused-ring (bicyclic) bond motifs is 1. The minimum Gasteiger partial charge on any atom is -0.496 e. The molecule has 1 N–H and O–H groups in total. The monoisotopic (exact) mass is 550 g/mol. The fourth-order valence-corrected chi connectivity index (χ4v) is 4.59. The summed E-state index contributed by atoms with van der Waals surface area (Å²) in [6.07, 6.45) is -4.44. The number of nitrogens with one attached hydrogen (secondary N) is 1. The van der Waals surface area contributed by atoms with Gasteiger partial charge in [0.2, 0.25) is 17.7 Å². The first-order valence-electron chi connectivity index (χ1n) is 12.2. The topological polar surface area (TPSA) is 114 Å². The van der Waals surface area contributed by atoms with Crippen LogP contribution in [0.4, 0.5) is 24.9 Å². The Morgan fingerprint density at radius 3 is 2.69 bits per heavy atom. The van der Waals surface area contributed by atoms with E-state index in [2.05, 4.69) is 20.5 Å². The molecule has 4 heterocycles. The van der Waals surface area contributed by atoms with E-state index in [0.717, 1.165) is 5.56 Å². The molecule has 1 fully saturated rings. The van der Waals surface area contributed by atoms with Crippen LogP contribution in [0.2, 0.25) is 0 Å². The van der Waals surface area contributed by atoms with Gasteiger partial charge in [-0.25, -0.2) is 0 Å². The third-order valence-electron chi connectivity index (χ3n) is 6.68. The molecule has 0 spiro atoms. The number of ether oxygens (including phenoxy) is 2. The van der Waals surface area contributed by atoms with Crippen molar-refractivity contribution in [3.8, 4) is 17.2 Å². The van der Waals surface area contributed by atoms with Crippen LogP contribution in [0, 0.1) is 6.92 Å². The summed E-state index contributed by atoms with van der Waals surface area (Å²) >= 11 is 0. The third-order valence-corrected chi connectivity index (χ3v) is 6.68. The average Bonchev–Trinajstić information content (AvgIpc) is 3.53. The first kappa shape index (κ1) is 26.7. The van der Waals surface area contributed by atoms with Crippen molar-refractivity contribution in [1.82, 2.24) is 30.0 Å². The van der Waals surface area contributed by atoms with E-state index < -0.39 is 18.1 Å². The summed E-state index contributed by atoms with van der Waals surface area (Å²) in [5, 5.41) is 10.8. The molecule has 15 heteroatoms. The molecular weight excluding hydrogens is 521 g/mol. The second-order valence-corrected chi connectivity index (χ2v) is 9.51. The molecule has 1 aromatic carbocycles. The second kappa shape index (κ2) is 10.4. The van der Waals surface area contributed by atoms with E-state index in [4.69, 9.17) is 13.9 Å². The number of halogens is 3. The molecule has 2 aliphatic rings. The Bertz CT molecular complexity index is 1360. The molecule has 1 amide bonds. The van der Waals surface area contributed by atoms with Crippen molar-refractivity contribution >= 4 is 17.7 Å². The van der Waals surface area contributed by atoms with Crippen molar-refractivity contribution in [1.29, 1.82) is 0 Å². The van der Waals surface area contributed by atoms with Gasteiger partial charge in [-0.1, -0.05) is 6.07 Å². The fraction of sp³-hybridized carbons (Fsp3) is 0.500. The van der Waals surface area contributed by atoms with E-state index in [-0.39, 0.29) is 68.9 Å². The smallest absolute Gasteiger partial charge is 0.405 e. The van der Waals surface area contributed by atoms with Gasteiger partial charge in [-0.05, 0) is 24.6 Å². The van der Waals surface area contributed by atoms with E-state index in [9.17, 15) is 18.0 Å². The van der Waals surface area contributed by atoms with Gasteiger partial charge < -0.3 is 33.9 Å². The summed E-state index contributed by atoms with van der Waals surface area (Å²) in [6.45, 7) is 1.97. The van der Waals surface area contributed by atoms with Crippen molar-refractivity contribution in [3.63, 3.8) is 0 Å². The number of imidazole rings is 1. The van der Waals surface area contributed by atoms with Crippen LogP contribution in [0.15, 0.2) is 22.6 Å². The summed E-state index contributed by atoms with van der Waals surface area (Å²) < 4.78 is 59.2. The van der Waals surface area contributed by atoms with Crippen LogP contribution in [0.5, 0.6) is 5.75 Å². The molecular formula is C24H29F3N8O4. The Kier molecular flexibility index (Phi) is 7.11. The lowest BCUT2D eigenvalue weighted by molar-refractivity contribution is -0.155. The highest BCUT2D eigenvalue weighted by molar-refractivity contribution is 5.98. The average molecular weight is 551 g/mol. The minimum absolute atomic E-state index is 0.0346. The number of amides is 1. The minimum atomic E-state index is -4.44. The number of rotatable bonds is 5. The Hall–Kier alpha value is -3.85. The van der Waals surface area contributed by atoms with Crippen molar-refractivity contribution < 1.29 is 31.9 Å². The second-order valence-electron chi connectivity index (χ2n) is 9.51. The molecule has 0 saturated carbocycles. The Labute approximate surface area is 222 Å². The van der Waals surface area contributed by atoms with Gasteiger partial charge in [-0.15, -0.1) is 10.2 Å². The Morgan fingerprint density at radius 1 is 1.18 bits per heavy atom. The van der Waals surface area contributed by atoms with Gasteiger partial charge in [0.15, 0.2) is 11.5 Å². The number of methoxy groups -OCH3 is 1. The number of anilines is 2. The molecule has 1 unspecified atom stereocenters. The molecule has 1 saturated heterocycles. The standard InChI is InChI=1S/C24H29F3N8O4/c1-14-5-6-15(9-16(14)37-4)21-31-30-18(39-21)11-35-19-20(32(2)12-38-13-33(3)22(19)36)29-23(35)34-8-7-28-17(10-34)24(25,26)27/h5-6,9,17,28H,7-8,10-13H2,1-4H3. The molecule has 39 heavy (non-hydrogen) atoms. The number of carbonyl (C=O) groups is 1. The first-order chi connectivity index (χ1) is 18.6. The zero-order valence-corrected chi connectivity index (χ0v) is 21.9. The predicted molar refractivity (Wildman–Crippen MR) is 134 cm³/mol. The predicted octanol–water partition coefficient (Wildman–Crippen LogP) is 2.09. The molecule has 12 nitrogen and oxygen atoms in total. The Morgan fingerprint density at radius 2 is 1.95 bits per heavy atom. The normalized spacial score (nSPS) is 18.7. The van der Waals surface area contributed by atoms with Crippen LogP contribution in [0.3, 0.4) is 0 Å². The van der Waals surface area contributed by atoms with Crippen LogP contribution in [0.25, 0.3) is 11.5 Å². The number of alkyl halides is 3. The van der Waals surface area contributed by atoms with Crippen LogP contribution < -0.4 is 19.9 Å². The summed E-state index contributed by atoms with van der Waals surface area (Å²) in [6, 6.07) is 3.71. The number of piperazine rings is 1. The maximum absolute atomic E-state index is 13.6. The van der Waals surface area contributed by atoms with E-state index in [1.807, 2.05) is 19.1 Å². The van der Waals surface area contributed by atoms with Gasteiger partial charge in [0.05, 0.1) is 7.11 Å². The third kappa shape index (κ3) is 5.23. The zero-order chi connectivity index (χ0) is 27.9. The van der Waals surface area contributed by atoms with Crippen LogP contribution in [-0.4, -0.2) is 97.1 Å². The summed E-state index contributed by atoms with van der Waals surface area (Å²) in [7, 11) is 4.84. The van der Waals surface area contributed by atoms with E-state index in [1.165, 1.54) is 9.80 Å². The lowest BCUT2D eigenvalue weighted by Gasteiger charge is -2.35. The maximum atomic E-state index is 13.6. The van der Waals surface area contributed by atoms with Gasteiger partial charge in [0, 0.05) is 39.3 Å². The molecule has 5 rings (SSSR count). The highest BCUT2D eigenvalue weighted by Crippen LogP contribution is 2.32. The Balaban J connectivity index is 1.56. The molecule has 210 valence electrons. The maximum Gasteiger partial charge on any atom is 0.405 e. The van der Waals surface area contributed by atoms with Gasteiger partial charge in [-0.3, -0.25) is 9.36 Å². The number of carbonyl (C=O) groups excluding carboxylic acids is 1. The van der Waals surface area contributed by atoms with Crippen LogP contribution in [-0.2, 0) is 11.3 Å². The van der Waals surface area contributed by atoms with Crippen LogP contribution in [0.1, 0.15) is 21.9 Å². The van der Waals surface area contributed by atoms with Gasteiger partial charge in [-0.2, -0.15) is 18.2 Å². The molecule has 0 aliphatic carbocycles. The fourth-order valence-electron chi connectivity index (χ4n) is 4.59. The number of hydrogen-bond donors (Lipinski definition) is 1. The molecule has 1 atom stereocenters. The van der Waals surface area contributed by atoms with E-state index in [0.29, 0.717) is 11.3 Å². The molecule has 3 aromatic rings. The van der Waals surface area contributed by atoms with Crippen molar-refractivity contribution in [2.45, 2.75) is 25.7 Å². The SMILES string of the molecule is COc1cc(-c2nnc(Cn3c(N4CCNC(C(F)(F)F)C4)nc4c3C(=O)N(C)COCN4C)o2)ccc1C. The first-order valence-corrected chi connectivity index (χ1v) is 12.2. The number of nitrogens with zero attached hydrogens (tertiary/aromatic N) is 7. The number of aromatic nitrogens is 4. The number of aryl methyl sites for hydroxylation is 1. The highest BCUT2D eigenvalue weighted by Gasteiger charge is 2.43. The van der Waals surface area contributed by atoms with Gasteiger partial charge >= 0.3 is 6.18 Å². The van der Waals surface area contributed by atoms with Crippen molar-refractivity contribution in [2.75, 3.05) is 64.1 Å². The van der Waals surface area contributed by atoms with Gasteiger partial charge in [0.1, 0.15) is 31.8 Å². The van der Waals surface area contributed by atoms with Crippen molar-refractivity contribution in [2.24, 2.45) is 0 Å². The molecule has 0 bridgehead atoms. The molecule has 2 aliphatic heterocycles. The zero-order valence-electron chi connectivity index (χ0n) is 21.9. The van der Waals surface area contributed by atoms with Crippen molar-refractivity contribution in [3.05, 3.63) is 35.3 Å².